The van der Waals surface area contributed by atoms with Crippen molar-refractivity contribution >= 4 is 5.97 Å². The van der Waals surface area contributed by atoms with Crippen molar-refractivity contribution in [3.63, 3.8) is 0 Å². The highest BCUT2D eigenvalue weighted by Crippen LogP contribution is 2.18. The van der Waals surface area contributed by atoms with Crippen LogP contribution in [0.4, 0.5) is 0 Å². The van der Waals surface area contributed by atoms with Crippen LogP contribution < -0.4 is 5.32 Å². The van der Waals surface area contributed by atoms with Crippen molar-refractivity contribution in [2.75, 3.05) is 6.61 Å². The molecule has 2 aromatic carbocycles. The maximum absolute atomic E-state index is 11.9. The number of nitriles is 1. The van der Waals surface area contributed by atoms with E-state index in [2.05, 4.69) is 5.32 Å². The molecule has 1 unspecified atom stereocenters. The molecule has 4 nitrogen and oxygen atoms in total. The molecule has 1 atom stereocenters. The predicted octanol–water partition coefficient (Wildman–Crippen LogP) is 3.36. The zero-order chi connectivity index (χ0) is 16.3. The van der Waals surface area contributed by atoms with Crippen LogP contribution in [0, 0.1) is 11.3 Å². The fourth-order valence-corrected chi connectivity index (χ4v) is 2.27. The van der Waals surface area contributed by atoms with Crippen molar-refractivity contribution in [3.05, 3.63) is 71.8 Å². The van der Waals surface area contributed by atoms with E-state index in [0.29, 0.717) is 6.54 Å². The van der Waals surface area contributed by atoms with Crippen molar-refractivity contribution < 1.29 is 9.53 Å². The summed E-state index contributed by atoms with van der Waals surface area (Å²) in [4.78, 5) is 11.9. The molecule has 0 bridgehead atoms. The molecule has 0 spiro atoms. The standard InChI is InChI=1S/C19H20N2O2/c20-12-7-13-23-19(22)14-18(17-10-5-2-6-11-17)21-15-16-8-3-1-4-9-16/h1-6,8-11,18,21H,7,13-15H2. The fourth-order valence-electron chi connectivity index (χ4n) is 2.27. The molecule has 0 aromatic heterocycles. The second-order valence-electron chi connectivity index (χ2n) is 5.16. The third kappa shape index (κ3) is 5.93. The van der Waals surface area contributed by atoms with E-state index in [1.165, 1.54) is 0 Å². The molecule has 0 radical (unpaired) electrons. The molecule has 4 heteroatoms. The van der Waals surface area contributed by atoms with Gasteiger partial charge in [0.05, 0.1) is 18.9 Å². The molecular formula is C19H20N2O2. The summed E-state index contributed by atoms with van der Waals surface area (Å²) in [5, 5.41) is 11.9. The monoisotopic (exact) mass is 308 g/mol. The summed E-state index contributed by atoms with van der Waals surface area (Å²) in [7, 11) is 0. The highest BCUT2D eigenvalue weighted by Gasteiger charge is 2.16. The van der Waals surface area contributed by atoms with Crippen molar-refractivity contribution in [2.45, 2.75) is 25.4 Å². The largest absolute Gasteiger partial charge is 0.465 e. The lowest BCUT2D eigenvalue weighted by Crippen LogP contribution is -2.24. The van der Waals surface area contributed by atoms with Crippen LogP contribution in [0.2, 0.25) is 0 Å². The first kappa shape index (κ1) is 16.7. The Hall–Kier alpha value is -2.64. The Morgan fingerprint density at radius 2 is 1.74 bits per heavy atom. The number of rotatable bonds is 8. The second kappa shape index (κ2) is 9.39. The van der Waals surface area contributed by atoms with E-state index >= 15 is 0 Å². The van der Waals surface area contributed by atoms with E-state index in [-0.39, 0.29) is 31.5 Å². The fraction of sp³-hybridized carbons (Fsp3) is 0.263. The van der Waals surface area contributed by atoms with E-state index in [1.807, 2.05) is 66.7 Å². The summed E-state index contributed by atoms with van der Waals surface area (Å²) < 4.78 is 5.09. The Morgan fingerprint density at radius 3 is 2.39 bits per heavy atom. The van der Waals surface area contributed by atoms with Gasteiger partial charge in [0, 0.05) is 12.6 Å². The van der Waals surface area contributed by atoms with Gasteiger partial charge in [-0.1, -0.05) is 60.7 Å². The molecule has 1 N–H and O–H groups in total. The number of benzene rings is 2. The molecule has 0 aliphatic rings. The van der Waals surface area contributed by atoms with Gasteiger partial charge in [0.25, 0.3) is 0 Å². The summed E-state index contributed by atoms with van der Waals surface area (Å²) in [6.07, 6.45) is 0.460. The number of nitrogens with one attached hydrogen (secondary N) is 1. The topological polar surface area (TPSA) is 62.1 Å². The minimum absolute atomic E-state index is 0.119. The van der Waals surface area contributed by atoms with Gasteiger partial charge in [0.1, 0.15) is 6.61 Å². The maximum atomic E-state index is 11.9. The van der Waals surface area contributed by atoms with Gasteiger partial charge in [-0.05, 0) is 11.1 Å². The summed E-state index contributed by atoms with van der Waals surface area (Å²) in [6, 6.07) is 21.7. The van der Waals surface area contributed by atoms with Crippen molar-refractivity contribution in [3.8, 4) is 6.07 Å². The molecule has 23 heavy (non-hydrogen) atoms. The lowest BCUT2D eigenvalue weighted by atomic mass is 10.0. The average Bonchev–Trinajstić information content (AvgIpc) is 2.60. The first-order valence-electron chi connectivity index (χ1n) is 7.64. The zero-order valence-corrected chi connectivity index (χ0v) is 12.9. The summed E-state index contributed by atoms with van der Waals surface area (Å²) in [6.45, 7) is 0.821. The normalized spacial score (nSPS) is 11.4. The van der Waals surface area contributed by atoms with Crippen LogP contribution >= 0.6 is 0 Å². The number of carbonyl (C=O) groups is 1. The van der Waals surface area contributed by atoms with Gasteiger partial charge in [-0.15, -0.1) is 0 Å². The summed E-state index contributed by atoms with van der Waals surface area (Å²) >= 11 is 0. The minimum atomic E-state index is -0.297. The summed E-state index contributed by atoms with van der Waals surface area (Å²) in [5.41, 5.74) is 2.20. The summed E-state index contributed by atoms with van der Waals surface area (Å²) in [5.74, 6) is -0.297. The molecule has 0 heterocycles. The number of hydrogen-bond donors (Lipinski definition) is 1. The smallest absolute Gasteiger partial charge is 0.307 e. The minimum Gasteiger partial charge on any atom is -0.465 e. The van der Waals surface area contributed by atoms with Crippen LogP contribution in [0.1, 0.15) is 30.0 Å². The number of ether oxygens (including phenoxy) is 1. The van der Waals surface area contributed by atoms with Crippen LogP contribution in [0.3, 0.4) is 0 Å². The first-order valence-corrected chi connectivity index (χ1v) is 7.64. The Labute approximate surface area is 136 Å². The maximum Gasteiger partial charge on any atom is 0.307 e. The lowest BCUT2D eigenvalue weighted by Gasteiger charge is -2.18. The Kier molecular flexibility index (Phi) is 6.83. The third-order valence-corrected chi connectivity index (χ3v) is 3.45. The molecule has 0 aliphatic carbocycles. The zero-order valence-electron chi connectivity index (χ0n) is 12.9. The van der Waals surface area contributed by atoms with Crippen LogP contribution in [0.5, 0.6) is 0 Å². The van der Waals surface area contributed by atoms with Gasteiger partial charge in [0.15, 0.2) is 0 Å². The van der Waals surface area contributed by atoms with Crippen LogP contribution in [-0.4, -0.2) is 12.6 Å². The third-order valence-electron chi connectivity index (χ3n) is 3.45. The highest BCUT2D eigenvalue weighted by atomic mass is 16.5. The van der Waals surface area contributed by atoms with Crippen LogP contribution in [-0.2, 0) is 16.1 Å². The van der Waals surface area contributed by atoms with Gasteiger partial charge in [0.2, 0.25) is 0 Å². The molecule has 2 rings (SSSR count). The predicted molar refractivity (Wildman–Crippen MR) is 88.3 cm³/mol. The van der Waals surface area contributed by atoms with Crippen LogP contribution in [0.25, 0.3) is 0 Å². The van der Waals surface area contributed by atoms with Crippen molar-refractivity contribution in [2.24, 2.45) is 0 Å². The molecular weight excluding hydrogens is 288 g/mol. The van der Waals surface area contributed by atoms with E-state index < -0.39 is 0 Å². The Morgan fingerprint density at radius 1 is 1.09 bits per heavy atom. The van der Waals surface area contributed by atoms with E-state index in [0.717, 1.165) is 11.1 Å². The van der Waals surface area contributed by atoms with Crippen molar-refractivity contribution in [1.82, 2.24) is 5.32 Å². The number of hydrogen-bond acceptors (Lipinski definition) is 4. The van der Waals surface area contributed by atoms with Gasteiger partial charge in [-0.3, -0.25) is 4.79 Å². The number of nitrogens with zero attached hydrogens (tertiary/aromatic N) is 1. The Bertz CT molecular complexity index is 635. The molecule has 0 saturated carbocycles. The molecule has 0 amide bonds. The van der Waals surface area contributed by atoms with Gasteiger partial charge < -0.3 is 10.1 Å². The first-order chi connectivity index (χ1) is 11.3. The molecule has 0 aliphatic heterocycles. The lowest BCUT2D eigenvalue weighted by molar-refractivity contribution is -0.144. The SMILES string of the molecule is N#CCCOC(=O)CC(NCc1ccccc1)c1ccccc1. The molecule has 0 saturated heterocycles. The molecule has 2 aromatic rings. The molecule has 0 fully saturated rings. The second-order valence-corrected chi connectivity index (χ2v) is 5.16. The Balaban J connectivity index is 1.98. The van der Waals surface area contributed by atoms with Gasteiger partial charge in [-0.2, -0.15) is 5.26 Å². The van der Waals surface area contributed by atoms with Gasteiger partial charge >= 0.3 is 5.97 Å². The number of carbonyl (C=O) groups excluding carboxylic acids is 1. The quantitative estimate of drug-likeness (QED) is 0.600. The van der Waals surface area contributed by atoms with Gasteiger partial charge in [-0.25, -0.2) is 0 Å². The highest BCUT2D eigenvalue weighted by molar-refractivity contribution is 5.70. The van der Waals surface area contributed by atoms with Crippen LogP contribution in [0.15, 0.2) is 60.7 Å². The van der Waals surface area contributed by atoms with E-state index in [1.54, 1.807) is 0 Å². The number of esters is 1. The van der Waals surface area contributed by atoms with E-state index in [9.17, 15) is 4.79 Å². The van der Waals surface area contributed by atoms with Crippen molar-refractivity contribution in [1.29, 1.82) is 5.26 Å². The average molecular weight is 308 g/mol. The molecule has 118 valence electrons. The van der Waals surface area contributed by atoms with E-state index in [4.69, 9.17) is 10.00 Å².